The Kier molecular flexibility index (Phi) is 6.33. The molecule has 218 valence electrons. The number of rotatable bonds is 6. The molecule has 2 aromatic heterocycles. The first-order valence-corrected chi connectivity index (χ1v) is 14.1. The van der Waals surface area contributed by atoms with Crippen LogP contribution < -0.4 is 10.3 Å². The summed E-state index contributed by atoms with van der Waals surface area (Å²) in [7, 11) is 1.62. The minimum absolute atomic E-state index is 0.0129. The van der Waals surface area contributed by atoms with Crippen molar-refractivity contribution in [3.05, 3.63) is 98.3 Å². The third-order valence-corrected chi connectivity index (χ3v) is 8.42. The molecule has 0 radical (unpaired) electrons. The quantitative estimate of drug-likeness (QED) is 0.261. The predicted molar refractivity (Wildman–Crippen MR) is 159 cm³/mol. The number of aromatic amines is 1. The normalized spacial score (nSPS) is 17.2. The summed E-state index contributed by atoms with van der Waals surface area (Å²) in [5.74, 6) is -1.22. The van der Waals surface area contributed by atoms with Gasteiger partial charge in [0.2, 0.25) is 0 Å². The second-order valence-corrected chi connectivity index (χ2v) is 11.3. The minimum atomic E-state index is -0.797. The van der Waals surface area contributed by atoms with Crippen LogP contribution in [0.2, 0.25) is 5.02 Å². The first-order chi connectivity index (χ1) is 21.2. The number of nitrogens with zero attached hydrogens (tertiary/aromatic N) is 5. The highest BCUT2D eigenvalue weighted by molar-refractivity contribution is 6.31. The minimum Gasteiger partial charge on any atom is -0.489 e. The Morgan fingerprint density at radius 2 is 1.80 bits per heavy atom. The molecule has 0 bridgehead atoms. The Morgan fingerprint density at radius 1 is 1.09 bits per heavy atom. The summed E-state index contributed by atoms with van der Waals surface area (Å²) < 4.78 is 23.2. The summed E-state index contributed by atoms with van der Waals surface area (Å²) >= 11 is 6.31. The fourth-order valence-corrected chi connectivity index (χ4v) is 5.82. The van der Waals surface area contributed by atoms with E-state index in [1.54, 1.807) is 49.5 Å². The van der Waals surface area contributed by atoms with Crippen LogP contribution in [0.5, 0.6) is 5.75 Å². The van der Waals surface area contributed by atoms with E-state index in [-0.39, 0.29) is 51.3 Å². The average molecular weight is 609 g/mol. The topological polar surface area (TPSA) is 134 Å². The van der Waals surface area contributed by atoms with Crippen LogP contribution in [0, 0.1) is 23.1 Å². The number of H-pyrrole nitrogens is 1. The van der Waals surface area contributed by atoms with Gasteiger partial charge in [-0.05, 0) is 42.2 Å². The Bertz CT molecular complexity index is 2130. The molecule has 10 nitrogen and oxygen atoms in total. The maximum atomic E-state index is 15.8. The maximum Gasteiger partial charge on any atom is 0.272 e. The highest BCUT2D eigenvalue weighted by Gasteiger charge is 2.37. The summed E-state index contributed by atoms with van der Waals surface area (Å²) in [6.45, 7) is 1.83. The van der Waals surface area contributed by atoms with Crippen molar-refractivity contribution in [2.24, 2.45) is 13.0 Å². The van der Waals surface area contributed by atoms with Crippen molar-refractivity contribution in [3.8, 4) is 34.2 Å². The molecule has 0 unspecified atom stereocenters. The van der Waals surface area contributed by atoms with Gasteiger partial charge >= 0.3 is 0 Å². The van der Waals surface area contributed by atoms with Crippen LogP contribution in [-0.4, -0.2) is 42.8 Å². The molecular weight excluding hydrogens is 587 g/mol. The van der Waals surface area contributed by atoms with Crippen molar-refractivity contribution >= 4 is 34.2 Å². The molecule has 1 N–H and O–H groups in total. The fourth-order valence-electron chi connectivity index (χ4n) is 5.63. The monoisotopic (exact) mass is 608 g/mol. The number of hydrogen-bond acceptors (Lipinski definition) is 7. The lowest BCUT2D eigenvalue weighted by atomic mass is 9.95. The largest absolute Gasteiger partial charge is 0.489 e. The van der Waals surface area contributed by atoms with Gasteiger partial charge in [-0.15, -0.1) is 0 Å². The molecule has 1 saturated carbocycles. The molecule has 3 heterocycles. The molecule has 3 aromatic carbocycles. The Balaban J connectivity index is 1.35. The van der Waals surface area contributed by atoms with Crippen LogP contribution in [0.1, 0.15) is 45.3 Å². The average Bonchev–Trinajstić information content (AvgIpc) is 3.50. The molecular formula is C32H22ClFN6O4. The van der Waals surface area contributed by atoms with E-state index in [1.807, 2.05) is 6.92 Å². The van der Waals surface area contributed by atoms with Crippen LogP contribution in [0.15, 0.2) is 59.5 Å². The number of nitrogens with one attached hydrogen (secondary N) is 1. The molecule has 1 aliphatic heterocycles. The molecule has 1 aliphatic carbocycles. The number of halogens is 2. The molecule has 2 aliphatic rings. The number of fused-ring (bicyclic) bond motifs is 2. The molecule has 12 heteroatoms. The Hall–Kier alpha value is -5.34. The molecule has 44 heavy (non-hydrogen) atoms. The van der Waals surface area contributed by atoms with E-state index in [9.17, 15) is 19.6 Å². The van der Waals surface area contributed by atoms with E-state index in [0.29, 0.717) is 33.6 Å². The lowest BCUT2D eigenvalue weighted by molar-refractivity contribution is 0.0640. The summed E-state index contributed by atoms with van der Waals surface area (Å²) in [4.78, 5) is 39.9. The summed E-state index contributed by atoms with van der Waals surface area (Å²) in [5, 5.41) is 21.6. The third kappa shape index (κ3) is 4.26. The van der Waals surface area contributed by atoms with Crippen LogP contribution in [-0.2, 0) is 13.6 Å². The van der Waals surface area contributed by atoms with Crippen LogP contribution in [0.4, 0.5) is 4.39 Å². The van der Waals surface area contributed by atoms with E-state index >= 15 is 4.39 Å². The number of aromatic nitrogens is 4. The number of hydrogen-bond donors (Lipinski definition) is 1. The number of carbonyl (C=O) groups is 2. The Morgan fingerprint density at radius 3 is 2.45 bits per heavy atom. The first-order valence-electron chi connectivity index (χ1n) is 13.8. The number of nitriles is 1. The van der Waals surface area contributed by atoms with Gasteiger partial charge < -0.3 is 4.74 Å². The van der Waals surface area contributed by atoms with E-state index in [2.05, 4.69) is 21.4 Å². The number of amides is 2. The van der Waals surface area contributed by atoms with Crippen molar-refractivity contribution < 1.29 is 18.7 Å². The highest BCUT2D eigenvalue weighted by Crippen LogP contribution is 2.44. The van der Waals surface area contributed by atoms with Crippen molar-refractivity contribution in [2.45, 2.75) is 26.0 Å². The summed E-state index contributed by atoms with van der Waals surface area (Å²) in [6.07, 6.45) is 2.25. The van der Waals surface area contributed by atoms with Gasteiger partial charge in [-0.2, -0.15) is 15.5 Å². The molecule has 2 amide bonds. The number of aryl methyl sites for hydroxylation is 1. The molecule has 2 atom stereocenters. The Labute approximate surface area is 254 Å². The van der Waals surface area contributed by atoms with Gasteiger partial charge in [0.25, 0.3) is 17.4 Å². The zero-order chi connectivity index (χ0) is 30.9. The second kappa shape index (κ2) is 10.1. The SMILES string of the molecule is C[C@@H]1C[C@H]1Oc1cc(Cl)c(F)c(-c2c(-c3ccc4c(=O)[nH]nc(CN5C(=O)c6ccccc6C5=O)c4c3)cnn2C)c1C#N. The van der Waals surface area contributed by atoms with Crippen LogP contribution in [0.3, 0.4) is 0 Å². The van der Waals surface area contributed by atoms with Gasteiger partial charge in [0.1, 0.15) is 23.5 Å². The zero-order valence-corrected chi connectivity index (χ0v) is 24.1. The number of benzene rings is 3. The zero-order valence-electron chi connectivity index (χ0n) is 23.4. The van der Waals surface area contributed by atoms with Crippen LogP contribution in [0.25, 0.3) is 33.2 Å². The standard InChI is InChI=1S/C32H22ClFN6O4/c1-15-9-25(15)44-26-11-23(33)28(34)27(21(26)12-35)29-22(13-36-39(29)2)16-7-8-17-20(10-16)24(37-38-30(17)41)14-40-31(42)18-5-3-4-6-19(18)32(40)43/h3-8,10-11,13,15,25H,9,14H2,1-2H3,(H,38,41)/t15-,25-/m1/s1. The molecule has 7 rings (SSSR count). The van der Waals surface area contributed by atoms with Crippen molar-refractivity contribution in [1.82, 2.24) is 24.9 Å². The van der Waals surface area contributed by atoms with E-state index in [1.165, 1.54) is 16.9 Å². The fraction of sp³-hybridized carbons (Fsp3) is 0.188. The van der Waals surface area contributed by atoms with Crippen molar-refractivity contribution in [1.29, 1.82) is 5.26 Å². The van der Waals surface area contributed by atoms with Gasteiger partial charge in [-0.25, -0.2) is 9.49 Å². The third-order valence-electron chi connectivity index (χ3n) is 8.15. The molecule has 5 aromatic rings. The van der Waals surface area contributed by atoms with Gasteiger partial charge in [-0.3, -0.25) is 24.0 Å². The van der Waals surface area contributed by atoms with Crippen molar-refractivity contribution in [3.63, 3.8) is 0 Å². The summed E-state index contributed by atoms with van der Waals surface area (Å²) in [6, 6.07) is 14.9. The molecule has 0 spiro atoms. The van der Waals surface area contributed by atoms with Gasteiger partial charge in [-0.1, -0.05) is 36.7 Å². The number of ether oxygens (including phenoxy) is 1. The maximum absolute atomic E-state index is 15.8. The van der Waals surface area contributed by atoms with Crippen molar-refractivity contribution in [2.75, 3.05) is 0 Å². The number of imide groups is 1. The first kappa shape index (κ1) is 27.5. The van der Waals surface area contributed by atoms with E-state index in [4.69, 9.17) is 16.3 Å². The summed E-state index contributed by atoms with van der Waals surface area (Å²) in [5.41, 5.74) is 1.58. The lowest BCUT2D eigenvalue weighted by Gasteiger charge is -2.16. The lowest BCUT2D eigenvalue weighted by Crippen LogP contribution is -2.30. The predicted octanol–water partition coefficient (Wildman–Crippen LogP) is 5.24. The highest BCUT2D eigenvalue weighted by atomic mass is 35.5. The number of carbonyl (C=O) groups excluding carboxylic acids is 2. The van der Waals surface area contributed by atoms with Gasteiger partial charge in [0.05, 0.1) is 51.2 Å². The van der Waals surface area contributed by atoms with E-state index < -0.39 is 23.2 Å². The van der Waals surface area contributed by atoms with Gasteiger partial charge in [0.15, 0.2) is 5.82 Å². The second-order valence-electron chi connectivity index (χ2n) is 10.9. The van der Waals surface area contributed by atoms with Crippen LogP contribution >= 0.6 is 11.6 Å². The smallest absolute Gasteiger partial charge is 0.272 e. The molecule has 0 saturated heterocycles. The van der Waals surface area contributed by atoms with Gasteiger partial charge in [0, 0.05) is 24.1 Å². The van der Waals surface area contributed by atoms with E-state index in [0.717, 1.165) is 11.3 Å². The molecule has 1 fully saturated rings.